The monoisotopic (exact) mass is 260 g/mol. The fourth-order valence-corrected chi connectivity index (χ4v) is 1.69. The first-order valence-corrected chi connectivity index (χ1v) is 8.01. The van der Waals surface area contributed by atoms with Gasteiger partial charge in [-0.25, -0.2) is 0 Å². The molecule has 108 valence electrons. The zero-order chi connectivity index (χ0) is 14.0. The van der Waals surface area contributed by atoms with Gasteiger partial charge in [0.1, 0.15) is 0 Å². The van der Waals surface area contributed by atoms with Crippen LogP contribution in [0.25, 0.3) is 0 Å². The zero-order valence-corrected chi connectivity index (χ0v) is 13.0. The molecule has 0 atom stereocenters. The summed E-state index contributed by atoms with van der Waals surface area (Å²) in [6, 6.07) is 0. The van der Waals surface area contributed by atoms with Gasteiger partial charge in [0.2, 0.25) is 0 Å². The molecule has 0 aliphatic carbocycles. The number of allylic oxidation sites excluding steroid dienone is 8. The molecule has 0 bridgehead atoms. The number of rotatable bonds is 12. The lowest BCUT2D eigenvalue weighted by atomic mass is 10.2. The molecule has 0 aliphatic rings. The van der Waals surface area contributed by atoms with E-state index in [9.17, 15) is 0 Å². The molecule has 0 saturated carbocycles. The summed E-state index contributed by atoms with van der Waals surface area (Å²) in [5, 5.41) is 0. The van der Waals surface area contributed by atoms with Crippen molar-refractivity contribution in [1.29, 1.82) is 0 Å². The molecule has 0 N–H and O–H groups in total. The van der Waals surface area contributed by atoms with Crippen molar-refractivity contribution in [2.45, 2.75) is 71.6 Å². The Morgan fingerprint density at radius 3 is 1.11 bits per heavy atom. The van der Waals surface area contributed by atoms with Crippen LogP contribution in [0.1, 0.15) is 71.6 Å². The molecule has 0 unspecified atom stereocenters. The minimum absolute atomic E-state index is 1.06. The van der Waals surface area contributed by atoms with E-state index < -0.39 is 0 Å². The minimum Gasteiger partial charge on any atom is -0.0882 e. The van der Waals surface area contributed by atoms with Gasteiger partial charge in [-0.3, -0.25) is 0 Å². The Kier molecular flexibility index (Phi) is 16.0. The molecule has 0 radical (unpaired) electrons. The summed E-state index contributed by atoms with van der Waals surface area (Å²) in [5.41, 5.74) is 0. The molecule has 0 aromatic rings. The second-order valence-electron chi connectivity index (χ2n) is 4.88. The van der Waals surface area contributed by atoms with E-state index >= 15 is 0 Å². The molecule has 0 rings (SSSR count). The number of hydrogen-bond donors (Lipinski definition) is 0. The number of unbranched alkanes of at least 4 members (excludes halogenated alkanes) is 4. The van der Waals surface area contributed by atoms with Gasteiger partial charge in [-0.05, 0) is 32.1 Å². The van der Waals surface area contributed by atoms with Gasteiger partial charge in [0.25, 0.3) is 0 Å². The predicted octanol–water partition coefficient (Wildman–Crippen LogP) is 6.76. The van der Waals surface area contributed by atoms with Crippen molar-refractivity contribution in [3.8, 4) is 0 Å². The second kappa shape index (κ2) is 17.0. The van der Waals surface area contributed by atoms with Gasteiger partial charge in [-0.15, -0.1) is 0 Å². The van der Waals surface area contributed by atoms with Gasteiger partial charge >= 0.3 is 0 Å². The third-order valence-corrected chi connectivity index (χ3v) is 2.93. The summed E-state index contributed by atoms with van der Waals surface area (Å²) in [5.74, 6) is 0. The van der Waals surface area contributed by atoms with Crippen LogP contribution in [0.5, 0.6) is 0 Å². The van der Waals surface area contributed by atoms with E-state index in [2.05, 4.69) is 62.5 Å². The molecule has 0 nitrogen and oxygen atoms in total. The minimum atomic E-state index is 1.06. The second-order valence-corrected chi connectivity index (χ2v) is 4.88. The lowest BCUT2D eigenvalue weighted by molar-refractivity contribution is 0.813. The standard InChI is InChI=1S/C19H32/c1-3-5-7-9-11-13-15-17-19-18-16-14-12-10-8-6-4-2/h9-12,15-18H,3-8,13-14,19H2,1-2H3. The Morgan fingerprint density at radius 2 is 0.789 bits per heavy atom. The summed E-state index contributed by atoms with van der Waals surface area (Å²) >= 11 is 0. The van der Waals surface area contributed by atoms with Crippen molar-refractivity contribution >= 4 is 0 Å². The van der Waals surface area contributed by atoms with Gasteiger partial charge in [0.05, 0.1) is 0 Å². The van der Waals surface area contributed by atoms with Crippen molar-refractivity contribution < 1.29 is 0 Å². The van der Waals surface area contributed by atoms with Crippen LogP contribution in [0.4, 0.5) is 0 Å². The molecule has 0 amide bonds. The zero-order valence-electron chi connectivity index (χ0n) is 13.0. The molecule has 0 heteroatoms. The van der Waals surface area contributed by atoms with E-state index in [0.29, 0.717) is 0 Å². The fourth-order valence-electron chi connectivity index (χ4n) is 1.69. The van der Waals surface area contributed by atoms with Crippen molar-refractivity contribution in [2.24, 2.45) is 0 Å². The highest BCUT2D eigenvalue weighted by Gasteiger charge is 1.78. The van der Waals surface area contributed by atoms with Crippen molar-refractivity contribution in [3.63, 3.8) is 0 Å². The Labute approximate surface area is 121 Å². The quantitative estimate of drug-likeness (QED) is 0.268. The molecule has 0 heterocycles. The molecule has 0 aromatic carbocycles. The first-order valence-electron chi connectivity index (χ1n) is 8.01. The predicted molar refractivity (Wildman–Crippen MR) is 89.5 cm³/mol. The van der Waals surface area contributed by atoms with Crippen LogP contribution in [0, 0.1) is 0 Å². The molecule has 0 aliphatic heterocycles. The van der Waals surface area contributed by atoms with Crippen LogP contribution < -0.4 is 0 Å². The summed E-state index contributed by atoms with van der Waals surface area (Å²) in [6.45, 7) is 4.47. The fraction of sp³-hybridized carbons (Fsp3) is 0.579. The summed E-state index contributed by atoms with van der Waals surface area (Å²) < 4.78 is 0. The van der Waals surface area contributed by atoms with Gasteiger partial charge in [0, 0.05) is 0 Å². The highest BCUT2D eigenvalue weighted by Crippen LogP contribution is 1.99. The van der Waals surface area contributed by atoms with Gasteiger partial charge in [-0.1, -0.05) is 88.1 Å². The Balaban J connectivity index is 3.36. The van der Waals surface area contributed by atoms with E-state index in [-0.39, 0.29) is 0 Å². The van der Waals surface area contributed by atoms with E-state index in [0.717, 1.165) is 19.3 Å². The Hall–Kier alpha value is -1.04. The van der Waals surface area contributed by atoms with Crippen molar-refractivity contribution in [3.05, 3.63) is 48.6 Å². The lowest BCUT2D eigenvalue weighted by Crippen LogP contribution is -1.67. The molecule has 0 fully saturated rings. The van der Waals surface area contributed by atoms with Gasteiger partial charge in [-0.2, -0.15) is 0 Å². The van der Waals surface area contributed by atoms with Crippen LogP contribution in [0.2, 0.25) is 0 Å². The molecular weight excluding hydrogens is 228 g/mol. The number of hydrogen-bond acceptors (Lipinski definition) is 0. The maximum atomic E-state index is 2.30. The van der Waals surface area contributed by atoms with E-state index in [4.69, 9.17) is 0 Å². The third-order valence-electron chi connectivity index (χ3n) is 2.93. The summed E-state index contributed by atoms with van der Waals surface area (Å²) in [4.78, 5) is 0. The van der Waals surface area contributed by atoms with E-state index in [1.54, 1.807) is 0 Å². The molecule has 0 spiro atoms. The topological polar surface area (TPSA) is 0 Å². The van der Waals surface area contributed by atoms with Gasteiger partial charge in [0.15, 0.2) is 0 Å². The van der Waals surface area contributed by atoms with Crippen LogP contribution in [-0.4, -0.2) is 0 Å². The maximum absolute atomic E-state index is 2.30. The normalized spacial score (nSPS) is 12.7. The summed E-state index contributed by atoms with van der Waals surface area (Å²) in [7, 11) is 0. The molecule has 0 saturated heterocycles. The first-order chi connectivity index (χ1) is 9.41. The average Bonchev–Trinajstić information content (AvgIpc) is 2.43. The molecule has 19 heavy (non-hydrogen) atoms. The lowest BCUT2D eigenvalue weighted by Gasteiger charge is -1.88. The average molecular weight is 260 g/mol. The Morgan fingerprint density at radius 1 is 0.474 bits per heavy atom. The van der Waals surface area contributed by atoms with Crippen molar-refractivity contribution in [1.82, 2.24) is 0 Å². The highest BCUT2D eigenvalue weighted by molar-refractivity contribution is 4.99. The Bertz CT molecular complexity index is 238. The van der Waals surface area contributed by atoms with Crippen LogP contribution >= 0.6 is 0 Å². The summed E-state index contributed by atoms with van der Waals surface area (Å²) in [6.07, 6.45) is 29.0. The molecular formula is C19H32. The largest absolute Gasteiger partial charge is 0.0882 e. The van der Waals surface area contributed by atoms with Crippen LogP contribution in [0.3, 0.4) is 0 Å². The van der Waals surface area contributed by atoms with Crippen LogP contribution in [0.15, 0.2) is 48.6 Å². The van der Waals surface area contributed by atoms with Crippen LogP contribution in [-0.2, 0) is 0 Å². The smallest absolute Gasteiger partial charge is 0.0169 e. The van der Waals surface area contributed by atoms with E-state index in [1.165, 1.54) is 38.5 Å². The molecule has 0 aromatic heterocycles. The van der Waals surface area contributed by atoms with E-state index in [1.807, 2.05) is 0 Å². The first kappa shape index (κ1) is 18.0. The third kappa shape index (κ3) is 17.0. The maximum Gasteiger partial charge on any atom is -0.0169 e. The highest BCUT2D eigenvalue weighted by atomic mass is 13.8. The van der Waals surface area contributed by atoms with Gasteiger partial charge < -0.3 is 0 Å². The SMILES string of the molecule is CCCCC=CCC=CCC=CCC=CCCCC. The van der Waals surface area contributed by atoms with Crippen molar-refractivity contribution in [2.75, 3.05) is 0 Å².